The summed E-state index contributed by atoms with van der Waals surface area (Å²) in [5.41, 5.74) is 5.96. The second kappa shape index (κ2) is 5.36. The van der Waals surface area contributed by atoms with E-state index < -0.39 is 10.0 Å². The van der Waals surface area contributed by atoms with Gasteiger partial charge in [-0.25, -0.2) is 13.4 Å². The van der Waals surface area contributed by atoms with Crippen LogP contribution < -0.4 is 10.5 Å². The van der Waals surface area contributed by atoms with Gasteiger partial charge in [0.1, 0.15) is 11.0 Å². The number of halogens is 1. The monoisotopic (exact) mass is 308 g/mol. The summed E-state index contributed by atoms with van der Waals surface area (Å²) in [6.45, 7) is 0. The number of hydrogen-bond acceptors (Lipinski definition) is 5. The molecule has 0 radical (unpaired) electrons. The molecule has 0 atom stereocenters. The van der Waals surface area contributed by atoms with Gasteiger partial charge in [-0.1, -0.05) is 11.6 Å². The first-order valence-electron chi connectivity index (χ1n) is 5.37. The van der Waals surface area contributed by atoms with Crippen molar-refractivity contribution in [3.63, 3.8) is 0 Å². The number of hydrogen-bond donors (Lipinski definition) is 2. The normalized spacial score (nSPS) is 10.8. The second-order valence-electron chi connectivity index (χ2n) is 3.80. The molecule has 2 aromatic rings. The van der Waals surface area contributed by atoms with E-state index in [-0.39, 0.29) is 21.3 Å². The third-order valence-corrected chi connectivity index (χ3v) is 4.16. The van der Waals surface area contributed by atoms with Crippen molar-refractivity contribution < 1.29 is 8.42 Å². The van der Waals surface area contributed by atoms with Gasteiger partial charge in [0.15, 0.2) is 5.69 Å². The first-order chi connectivity index (χ1) is 9.44. The molecule has 0 bridgehead atoms. The van der Waals surface area contributed by atoms with Crippen molar-refractivity contribution in [2.75, 3.05) is 10.5 Å². The molecule has 1 aromatic carbocycles. The Kier molecular flexibility index (Phi) is 3.79. The second-order valence-corrected chi connectivity index (χ2v) is 5.86. The van der Waals surface area contributed by atoms with Crippen LogP contribution >= 0.6 is 11.6 Å². The number of nitrogens with two attached hydrogens (primary N) is 1. The number of nitrogen functional groups attached to an aromatic ring is 1. The first kappa shape index (κ1) is 14.1. The Labute approximate surface area is 120 Å². The molecular weight excluding hydrogens is 300 g/mol. The Hall–Kier alpha value is -2.30. The highest BCUT2D eigenvalue weighted by Gasteiger charge is 2.19. The van der Waals surface area contributed by atoms with Crippen molar-refractivity contribution in [3.05, 3.63) is 47.2 Å². The highest BCUT2D eigenvalue weighted by Crippen LogP contribution is 2.25. The highest BCUT2D eigenvalue weighted by molar-refractivity contribution is 7.92. The minimum Gasteiger partial charge on any atom is -0.398 e. The van der Waals surface area contributed by atoms with Crippen LogP contribution in [0.5, 0.6) is 0 Å². The summed E-state index contributed by atoms with van der Waals surface area (Å²) in [5, 5.41) is 9.12. The summed E-state index contributed by atoms with van der Waals surface area (Å²) in [5.74, 6) is 0. The van der Waals surface area contributed by atoms with Gasteiger partial charge in [-0.05, 0) is 30.3 Å². The Morgan fingerprint density at radius 2 is 2.10 bits per heavy atom. The molecule has 8 heteroatoms. The van der Waals surface area contributed by atoms with Gasteiger partial charge in [0.25, 0.3) is 10.0 Å². The number of sulfonamides is 1. The lowest BCUT2D eigenvalue weighted by Crippen LogP contribution is -2.15. The van der Waals surface area contributed by atoms with E-state index in [2.05, 4.69) is 9.71 Å². The number of benzene rings is 1. The molecule has 0 saturated heterocycles. The van der Waals surface area contributed by atoms with Crippen molar-refractivity contribution >= 4 is 33.0 Å². The molecule has 0 aliphatic rings. The molecule has 0 saturated carbocycles. The molecule has 0 spiro atoms. The molecule has 6 nitrogen and oxygen atoms in total. The Balaban J connectivity index is 2.41. The van der Waals surface area contributed by atoms with E-state index in [1.165, 1.54) is 36.5 Å². The summed E-state index contributed by atoms with van der Waals surface area (Å²) < 4.78 is 26.7. The highest BCUT2D eigenvalue weighted by atomic mass is 35.5. The molecule has 1 aromatic heterocycles. The van der Waals surface area contributed by atoms with Crippen LogP contribution in [-0.2, 0) is 10.0 Å². The van der Waals surface area contributed by atoms with Crippen LogP contribution in [-0.4, -0.2) is 13.4 Å². The maximum absolute atomic E-state index is 12.2. The summed E-state index contributed by atoms with van der Waals surface area (Å²) >= 11 is 5.82. The van der Waals surface area contributed by atoms with Crippen LogP contribution in [0.15, 0.2) is 41.4 Å². The van der Waals surface area contributed by atoms with Gasteiger partial charge in [0, 0.05) is 6.20 Å². The van der Waals surface area contributed by atoms with Gasteiger partial charge in [0.2, 0.25) is 0 Å². The maximum atomic E-state index is 12.2. The van der Waals surface area contributed by atoms with Gasteiger partial charge in [0.05, 0.1) is 16.4 Å². The molecule has 2 rings (SSSR count). The summed E-state index contributed by atoms with van der Waals surface area (Å²) in [7, 11) is -3.92. The molecule has 20 heavy (non-hydrogen) atoms. The van der Waals surface area contributed by atoms with Crippen molar-refractivity contribution in [3.8, 4) is 6.07 Å². The van der Waals surface area contributed by atoms with E-state index in [1.807, 2.05) is 0 Å². The number of pyridine rings is 1. The fraction of sp³-hybridized carbons (Fsp3) is 0. The van der Waals surface area contributed by atoms with E-state index in [4.69, 9.17) is 22.6 Å². The van der Waals surface area contributed by atoms with E-state index in [9.17, 15) is 8.42 Å². The van der Waals surface area contributed by atoms with Gasteiger partial charge in [-0.15, -0.1) is 0 Å². The van der Waals surface area contributed by atoms with Crippen molar-refractivity contribution in [1.29, 1.82) is 5.26 Å². The largest absolute Gasteiger partial charge is 0.398 e. The number of aromatic nitrogens is 1. The van der Waals surface area contributed by atoms with Crippen LogP contribution in [0.4, 0.5) is 11.4 Å². The van der Waals surface area contributed by atoms with Gasteiger partial charge in [-0.2, -0.15) is 5.26 Å². The van der Waals surface area contributed by atoms with E-state index >= 15 is 0 Å². The van der Waals surface area contributed by atoms with Crippen LogP contribution in [0.2, 0.25) is 5.02 Å². The lowest BCUT2D eigenvalue weighted by atomic mass is 10.3. The number of nitrogens with zero attached hydrogens (tertiary/aromatic N) is 2. The lowest BCUT2D eigenvalue weighted by molar-refractivity contribution is 0.600. The van der Waals surface area contributed by atoms with E-state index in [0.717, 1.165) is 0 Å². The smallest absolute Gasteiger partial charge is 0.264 e. The van der Waals surface area contributed by atoms with Crippen molar-refractivity contribution in [2.45, 2.75) is 4.90 Å². The number of nitrogens with one attached hydrogen (secondary N) is 1. The SMILES string of the molecule is N#Cc1ncccc1S(=O)(=O)Nc1ccc(N)c(Cl)c1. The van der Waals surface area contributed by atoms with Crippen molar-refractivity contribution in [1.82, 2.24) is 4.98 Å². The van der Waals surface area contributed by atoms with E-state index in [0.29, 0.717) is 5.69 Å². The predicted molar refractivity (Wildman–Crippen MR) is 75.6 cm³/mol. The quantitative estimate of drug-likeness (QED) is 0.843. The predicted octanol–water partition coefficient (Wildman–Crippen LogP) is 1.99. The van der Waals surface area contributed by atoms with Crippen LogP contribution in [0, 0.1) is 11.3 Å². The minimum atomic E-state index is -3.92. The summed E-state index contributed by atoms with van der Waals surface area (Å²) in [4.78, 5) is 3.51. The molecular formula is C12H9ClN4O2S. The maximum Gasteiger partial charge on any atom is 0.264 e. The van der Waals surface area contributed by atoms with Crippen LogP contribution in [0.25, 0.3) is 0 Å². The molecule has 0 aliphatic carbocycles. The Morgan fingerprint density at radius 3 is 2.75 bits per heavy atom. The molecule has 0 aliphatic heterocycles. The Bertz CT molecular complexity index is 799. The fourth-order valence-electron chi connectivity index (χ4n) is 1.49. The fourth-order valence-corrected chi connectivity index (χ4v) is 2.83. The third kappa shape index (κ3) is 2.82. The zero-order chi connectivity index (χ0) is 14.8. The topological polar surface area (TPSA) is 109 Å². The molecule has 1 heterocycles. The number of rotatable bonds is 3. The standard InChI is InChI=1S/C12H9ClN4O2S/c13-9-6-8(3-4-10(9)15)17-20(18,19)12-2-1-5-16-11(12)7-14/h1-6,17H,15H2. The average Bonchev–Trinajstić information content (AvgIpc) is 2.42. The van der Waals surface area contributed by atoms with Gasteiger partial charge < -0.3 is 5.73 Å². The van der Waals surface area contributed by atoms with Gasteiger partial charge >= 0.3 is 0 Å². The number of nitriles is 1. The Morgan fingerprint density at radius 1 is 1.35 bits per heavy atom. The molecule has 102 valence electrons. The first-order valence-corrected chi connectivity index (χ1v) is 7.23. The minimum absolute atomic E-state index is 0.179. The van der Waals surface area contributed by atoms with Crippen LogP contribution in [0.1, 0.15) is 5.69 Å². The average molecular weight is 309 g/mol. The summed E-state index contributed by atoms with van der Waals surface area (Å²) in [6.07, 6.45) is 1.34. The van der Waals surface area contributed by atoms with Gasteiger partial charge in [-0.3, -0.25) is 4.72 Å². The summed E-state index contributed by atoms with van der Waals surface area (Å²) in [6, 6.07) is 8.81. The zero-order valence-electron chi connectivity index (χ0n) is 10.0. The molecule has 0 fully saturated rings. The third-order valence-electron chi connectivity index (χ3n) is 2.42. The molecule has 0 amide bonds. The molecule has 3 N–H and O–H groups in total. The van der Waals surface area contributed by atoms with Crippen LogP contribution in [0.3, 0.4) is 0 Å². The number of anilines is 2. The van der Waals surface area contributed by atoms with E-state index in [1.54, 1.807) is 6.07 Å². The lowest BCUT2D eigenvalue weighted by Gasteiger charge is -2.09. The zero-order valence-corrected chi connectivity index (χ0v) is 11.6. The molecule has 0 unspecified atom stereocenters. The van der Waals surface area contributed by atoms with Crippen molar-refractivity contribution in [2.24, 2.45) is 0 Å².